The molecule has 19 heavy (non-hydrogen) atoms. The molecule has 1 fully saturated rings. The lowest BCUT2D eigenvalue weighted by atomic mass is 9.98. The van der Waals surface area contributed by atoms with E-state index in [1.807, 2.05) is 6.92 Å². The van der Waals surface area contributed by atoms with Crippen molar-refractivity contribution in [2.24, 2.45) is 5.92 Å². The first-order chi connectivity index (χ1) is 9.15. The first kappa shape index (κ1) is 16.0. The third-order valence-corrected chi connectivity index (χ3v) is 3.57. The van der Waals surface area contributed by atoms with Crippen LogP contribution in [-0.2, 0) is 14.3 Å². The second-order valence-corrected chi connectivity index (χ2v) is 5.06. The Kier molecular flexibility index (Phi) is 7.48. The molecule has 1 heterocycles. The molecule has 1 amide bonds. The first-order valence-electron chi connectivity index (χ1n) is 7.26. The number of nitrogens with one attached hydrogen (secondary N) is 1. The zero-order valence-corrected chi connectivity index (χ0v) is 11.7. The van der Waals surface area contributed by atoms with Crippen molar-refractivity contribution in [1.82, 2.24) is 5.32 Å². The third kappa shape index (κ3) is 6.05. The van der Waals surface area contributed by atoms with Gasteiger partial charge in [-0.3, -0.25) is 9.59 Å². The standard InChI is InChI=1S/C14H25NO4/c1-2-12-11(8-10-19-12)14(18)15-9-6-4-3-5-7-13(16)17/h11-12H,2-10H2,1H3,(H,15,18)(H,16,17). The minimum Gasteiger partial charge on any atom is -0.481 e. The zero-order valence-electron chi connectivity index (χ0n) is 11.7. The highest BCUT2D eigenvalue weighted by Crippen LogP contribution is 2.23. The van der Waals surface area contributed by atoms with Crippen molar-refractivity contribution in [3.05, 3.63) is 0 Å². The molecule has 2 unspecified atom stereocenters. The summed E-state index contributed by atoms with van der Waals surface area (Å²) >= 11 is 0. The predicted molar refractivity (Wildman–Crippen MR) is 71.9 cm³/mol. The fraction of sp³-hybridized carbons (Fsp3) is 0.857. The van der Waals surface area contributed by atoms with E-state index in [0.717, 1.165) is 38.5 Å². The van der Waals surface area contributed by atoms with Crippen molar-refractivity contribution >= 4 is 11.9 Å². The van der Waals surface area contributed by atoms with Crippen LogP contribution in [0, 0.1) is 5.92 Å². The van der Waals surface area contributed by atoms with E-state index >= 15 is 0 Å². The van der Waals surface area contributed by atoms with Gasteiger partial charge in [0.15, 0.2) is 0 Å². The highest BCUT2D eigenvalue weighted by atomic mass is 16.5. The van der Waals surface area contributed by atoms with E-state index in [4.69, 9.17) is 9.84 Å². The fourth-order valence-electron chi connectivity index (χ4n) is 2.45. The van der Waals surface area contributed by atoms with Crippen LogP contribution in [0.4, 0.5) is 0 Å². The van der Waals surface area contributed by atoms with Crippen molar-refractivity contribution < 1.29 is 19.4 Å². The van der Waals surface area contributed by atoms with Crippen LogP contribution in [0.5, 0.6) is 0 Å². The quantitative estimate of drug-likeness (QED) is 0.628. The molecular formula is C14H25NO4. The van der Waals surface area contributed by atoms with Crippen molar-refractivity contribution in [3.63, 3.8) is 0 Å². The van der Waals surface area contributed by atoms with E-state index in [9.17, 15) is 9.59 Å². The Morgan fingerprint density at radius 2 is 2.00 bits per heavy atom. The fourth-order valence-corrected chi connectivity index (χ4v) is 2.45. The van der Waals surface area contributed by atoms with Gasteiger partial charge in [-0.2, -0.15) is 0 Å². The average molecular weight is 271 g/mol. The lowest BCUT2D eigenvalue weighted by Gasteiger charge is -2.16. The number of aliphatic carboxylic acids is 1. The van der Waals surface area contributed by atoms with Crippen molar-refractivity contribution in [2.45, 2.75) is 58.0 Å². The summed E-state index contributed by atoms with van der Waals surface area (Å²) in [6.45, 7) is 3.41. The Labute approximate surface area is 114 Å². The molecule has 0 saturated carbocycles. The normalized spacial score (nSPS) is 22.4. The molecule has 0 radical (unpaired) electrons. The smallest absolute Gasteiger partial charge is 0.303 e. The molecule has 1 aliphatic heterocycles. The number of unbranched alkanes of at least 4 members (excludes halogenated alkanes) is 3. The van der Waals surface area contributed by atoms with Crippen molar-refractivity contribution in [1.29, 1.82) is 0 Å². The second kappa shape index (κ2) is 8.91. The molecule has 0 aliphatic carbocycles. The van der Waals surface area contributed by atoms with Crippen LogP contribution in [0.25, 0.3) is 0 Å². The molecule has 0 aromatic carbocycles. The first-order valence-corrected chi connectivity index (χ1v) is 7.26. The van der Waals surface area contributed by atoms with Gasteiger partial charge in [-0.15, -0.1) is 0 Å². The molecule has 5 heteroatoms. The van der Waals surface area contributed by atoms with E-state index in [0.29, 0.717) is 13.2 Å². The van der Waals surface area contributed by atoms with Crippen molar-refractivity contribution in [2.75, 3.05) is 13.2 Å². The maximum absolute atomic E-state index is 11.9. The van der Waals surface area contributed by atoms with E-state index < -0.39 is 5.97 Å². The van der Waals surface area contributed by atoms with Gasteiger partial charge in [-0.05, 0) is 25.7 Å². The summed E-state index contributed by atoms with van der Waals surface area (Å²) in [6, 6.07) is 0. The minimum absolute atomic E-state index is 0.0111. The number of rotatable bonds is 9. The van der Waals surface area contributed by atoms with Crippen LogP contribution >= 0.6 is 0 Å². The molecule has 1 saturated heterocycles. The number of carbonyl (C=O) groups is 2. The van der Waals surface area contributed by atoms with E-state index in [-0.39, 0.29) is 24.3 Å². The predicted octanol–water partition coefficient (Wildman–Crippen LogP) is 1.95. The highest BCUT2D eigenvalue weighted by Gasteiger charge is 2.32. The molecule has 5 nitrogen and oxygen atoms in total. The summed E-state index contributed by atoms with van der Waals surface area (Å²) in [5.74, 6) is -0.618. The van der Waals surface area contributed by atoms with Crippen LogP contribution in [0.15, 0.2) is 0 Å². The molecule has 0 aromatic heterocycles. The number of amides is 1. The number of carboxylic acid groups (broad SMARTS) is 1. The Balaban J connectivity index is 2.03. The molecular weight excluding hydrogens is 246 g/mol. The number of ether oxygens (including phenoxy) is 1. The van der Waals surface area contributed by atoms with Crippen LogP contribution in [0.3, 0.4) is 0 Å². The van der Waals surface area contributed by atoms with E-state index in [1.165, 1.54) is 0 Å². The van der Waals surface area contributed by atoms with Crippen LogP contribution < -0.4 is 5.32 Å². The molecule has 0 aromatic rings. The molecule has 2 atom stereocenters. The Hall–Kier alpha value is -1.10. The maximum Gasteiger partial charge on any atom is 0.303 e. The number of hydrogen-bond acceptors (Lipinski definition) is 3. The summed E-state index contributed by atoms with van der Waals surface area (Å²) in [5.41, 5.74) is 0. The number of carboxylic acids is 1. The van der Waals surface area contributed by atoms with Gasteiger partial charge in [0.05, 0.1) is 12.0 Å². The van der Waals surface area contributed by atoms with Gasteiger partial charge in [0.1, 0.15) is 0 Å². The summed E-state index contributed by atoms with van der Waals surface area (Å²) in [6.07, 6.45) is 5.53. The van der Waals surface area contributed by atoms with Gasteiger partial charge in [-0.1, -0.05) is 19.8 Å². The van der Waals surface area contributed by atoms with Crippen molar-refractivity contribution in [3.8, 4) is 0 Å². The summed E-state index contributed by atoms with van der Waals surface area (Å²) in [4.78, 5) is 22.2. The van der Waals surface area contributed by atoms with Gasteiger partial charge in [0.2, 0.25) is 5.91 Å². The Morgan fingerprint density at radius 3 is 2.68 bits per heavy atom. The largest absolute Gasteiger partial charge is 0.481 e. The summed E-state index contributed by atoms with van der Waals surface area (Å²) in [5, 5.41) is 11.4. The van der Waals surface area contributed by atoms with Gasteiger partial charge >= 0.3 is 5.97 Å². The lowest BCUT2D eigenvalue weighted by Crippen LogP contribution is -2.35. The molecule has 2 N–H and O–H groups in total. The Morgan fingerprint density at radius 1 is 1.26 bits per heavy atom. The second-order valence-electron chi connectivity index (χ2n) is 5.06. The SMILES string of the molecule is CCC1OCCC1C(=O)NCCCCCCC(=O)O. The molecule has 110 valence electrons. The average Bonchev–Trinajstić information content (AvgIpc) is 2.85. The van der Waals surface area contributed by atoms with Gasteiger partial charge < -0.3 is 15.2 Å². The summed E-state index contributed by atoms with van der Waals surface area (Å²) in [7, 11) is 0. The third-order valence-electron chi connectivity index (χ3n) is 3.57. The molecule has 1 rings (SSSR count). The molecule has 0 spiro atoms. The number of hydrogen-bond donors (Lipinski definition) is 2. The minimum atomic E-state index is -0.736. The summed E-state index contributed by atoms with van der Waals surface area (Å²) < 4.78 is 5.50. The molecule has 0 bridgehead atoms. The number of carbonyl (C=O) groups excluding carboxylic acids is 1. The van der Waals surface area contributed by atoms with E-state index in [2.05, 4.69) is 5.32 Å². The van der Waals surface area contributed by atoms with Gasteiger partial charge in [0.25, 0.3) is 0 Å². The Bertz CT molecular complexity index is 293. The maximum atomic E-state index is 11.9. The molecule has 1 aliphatic rings. The van der Waals surface area contributed by atoms with Crippen LogP contribution in [0.2, 0.25) is 0 Å². The monoisotopic (exact) mass is 271 g/mol. The van der Waals surface area contributed by atoms with Gasteiger partial charge in [0, 0.05) is 19.6 Å². The van der Waals surface area contributed by atoms with Crippen LogP contribution in [0.1, 0.15) is 51.9 Å². The lowest BCUT2D eigenvalue weighted by molar-refractivity contribution is -0.137. The zero-order chi connectivity index (χ0) is 14.1. The highest BCUT2D eigenvalue weighted by molar-refractivity contribution is 5.79. The van der Waals surface area contributed by atoms with E-state index in [1.54, 1.807) is 0 Å². The topological polar surface area (TPSA) is 75.6 Å². The van der Waals surface area contributed by atoms with Gasteiger partial charge in [-0.25, -0.2) is 0 Å². The van der Waals surface area contributed by atoms with Crippen LogP contribution in [-0.4, -0.2) is 36.2 Å².